The van der Waals surface area contributed by atoms with Crippen LogP contribution in [0.25, 0.3) is 28.9 Å². The van der Waals surface area contributed by atoms with Crippen molar-refractivity contribution in [1.29, 1.82) is 0 Å². The van der Waals surface area contributed by atoms with Crippen LogP contribution in [0.4, 0.5) is 0 Å². The first kappa shape index (κ1) is 13.3. The number of benzene rings is 1. The maximum absolute atomic E-state index is 4.46. The predicted octanol–water partition coefficient (Wildman–Crippen LogP) is 4.41. The summed E-state index contributed by atoms with van der Waals surface area (Å²) in [5.41, 5.74) is 5.35. The largest absolute Gasteiger partial charge is 0.294 e. The Kier molecular flexibility index (Phi) is 3.40. The van der Waals surface area contributed by atoms with Crippen molar-refractivity contribution in [3.05, 3.63) is 66.3 Å². The van der Waals surface area contributed by atoms with Crippen LogP contribution in [-0.2, 0) is 0 Å². The van der Waals surface area contributed by atoms with Crippen molar-refractivity contribution in [2.45, 2.75) is 13.8 Å². The highest BCUT2D eigenvalue weighted by Crippen LogP contribution is 2.29. The summed E-state index contributed by atoms with van der Waals surface area (Å²) in [5.74, 6) is 0. The Morgan fingerprint density at radius 2 is 1.95 bits per heavy atom. The van der Waals surface area contributed by atoms with Gasteiger partial charge >= 0.3 is 0 Å². The van der Waals surface area contributed by atoms with Gasteiger partial charge in [-0.3, -0.25) is 4.57 Å². The van der Waals surface area contributed by atoms with E-state index in [1.54, 1.807) is 6.33 Å². The molecule has 0 aliphatic rings. The van der Waals surface area contributed by atoms with Gasteiger partial charge in [0, 0.05) is 22.8 Å². The second-order valence-corrected chi connectivity index (χ2v) is 4.93. The highest BCUT2D eigenvalue weighted by molar-refractivity contribution is 5.92. The minimum Gasteiger partial charge on any atom is -0.294 e. The van der Waals surface area contributed by atoms with E-state index in [1.165, 1.54) is 5.56 Å². The number of fused-ring (bicyclic) bond motifs is 1. The Bertz CT molecular complexity index is 824. The Labute approximate surface area is 124 Å². The van der Waals surface area contributed by atoms with Crippen molar-refractivity contribution in [1.82, 2.24) is 14.5 Å². The number of hydrogen-bond donors (Lipinski definition) is 0. The summed E-state index contributed by atoms with van der Waals surface area (Å²) in [5, 5.41) is 1.03. The van der Waals surface area contributed by atoms with Crippen LogP contribution in [0.1, 0.15) is 23.7 Å². The van der Waals surface area contributed by atoms with Gasteiger partial charge in [0.1, 0.15) is 12.0 Å². The van der Waals surface area contributed by atoms with E-state index in [-0.39, 0.29) is 0 Å². The smallest absolute Gasteiger partial charge is 0.148 e. The molecule has 1 aromatic carbocycles. The van der Waals surface area contributed by atoms with Crippen LogP contribution < -0.4 is 0 Å². The first-order valence-corrected chi connectivity index (χ1v) is 6.93. The van der Waals surface area contributed by atoms with Crippen LogP contribution in [0.3, 0.4) is 0 Å². The molecule has 0 atom stereocenters. The van der Waals surface area contributed by atoms with Crippen LogP contribution in [-0.4, -0.2) is 14.5 Å². The molecule has 0 aliphatic heterocycles. The third-order valence-corrected chi connectivity index (χ3v) is 3.53. The highest BCUT2D eigenvalue weighted by atomic mass is 15.1. The normalized spacial score (nSPS) is 11.3. The van der Waals surface area contributed by atoms with Crippen molar-refractivity contribution in [2.24, 2.45) is 0 Å². The van der Waals surface area contributed by atoms with E-state index >= 15 is 0 Å². The molecular formula is C18H17N3. The van der Waals surface area contributed by atoms with Gasteiger partial charge in [-0.2, -0.15) is 0 Å². The summed E-state index contributed by atoms with van der Waals surface area (Å²) < 4.78 is 2.12. The molecule has 3 aromatic rings. The molecule has 3 heteroatoms. The lowest BCUT2D eigenvalue weighted by molar-refractivity contribution is 1.06. The number of nitrogens with zero attached hydrogens (tertiary/aromatic N) is 3. The second kappa shape index (κ2) is 5.37. The Hall–Kier alpha value is -2.68. The van der Waals surface area contributed by atoms with E-state index in [9.17, 15) is 0 Å². The van der Waals surface area contributed by atoms with Crippen LogP contribution in [0.15, 0.2) is 49.4 Å². The van der Waals surface area contributed by atoms with E-state index in [0.29, 0.717) is 0 Å². The van der Waals surface area contributed by atoms with Crippen LogP contribution in [0.2, 0.25) is 0 Å². The Morgan fingerprint density at radius 1 is 1.19 bits per heavy atom. The molecule has 3 rings (SSSR count). The lowest BCUT2D eigenvalue weighted by Crippen LogP contribution is -1.98. The highest BCUT2D eigenvalue weighted by Gasteiger charge is 2.15. The number of hydrogen-bond acceptors (Lipinski definition) is 2. The number of aromatic nitrogens is 3. The van der Waals surface area contributed by atoms with Crippen LogP contribution >= 0.6 is 0 Å². The van der Waals surface area contributed by atoms with Crippen molar-refractivity contribution < 1.29 is 0 Å². The average Bonchev–Trinajstić information content (AvgIpc) is 2.83. The van der Waals surface area contributed by atoms with Gasteiger partial charge in [-0.15, -0.1) is 0 Å². The number of rotatable bonds is 3. The number of aryl methyl sites for hydroxylation is 1. The monoisotopic (exact) mass is 275 g/mol. The summed E-state index contributed by atoms with van der Waals surface area (Å²) in [6.07, 6.45) is 9.41. The zero-order valence-electron chi connectivity index (χ0n) is 12.2. The van der Waals surface area contributed by atoms with Crippen molar-refractivity contribution in [3.8, 4) is 5.69 Å². The molecular weight excluding hydrogens is 258 g/mol. The molecule has 0 amide bonds. The van der Waals surface area contributed by atoms with E-state index in [4.69, 9.17) is 0 Å². The van der Waals surface area contributed by atoms with E-state index in [2.05, 4.69) is 58.4 Å². The lowest BCUT2D eigenvalue weighted by atomic mass is 10.1. The second-order valence-electron chi connectivity index (χ2n) is 4.93. The molecule has 0 radical (unpaired) electrons. The summed E-state index contributed by atoms with van der Waals surface area (Å²) in [6, 6.07) is 8.40. The third kappa shape index (κ3) is 2.17. The summed E-state index contributed by atoms with van der Waals surface area (Å²) in [7, 11) is 0. The van der Waals surface area contributed by atoms with Gasteiger partial charge in [0.25, 0.3) is 0 Å². The molecule has 104 valence electrons. The Balaban J connectivity index is 2.40. The molecule has 0 saturated carbocycles. The van der Waals surface area contributed by atoms with Crippen molar-refractivity contribution >= 4 is 23.2 Å². The predicted molar refractivity (Wildman–Crippen MR) is 88.4 cm³/mol. The maximum atomic E-state index is 4.46. The van der Waals surface area contributed by atoms with Crippen molar-refractivity contribution in [3.63, 3.8) is 0 Å². The molecule has 0 spiro atoms. The minimum absolute atomic E-state index is 0.900. The van der Waals surface area contributed by atoms with Crippen molar-refractivity contribution in [2.75, 3.05) is 0 Å². The van der Waals surface area contributed by atoms with Gasteiger partial charge < -0.3 is 0 Å². The first-order valence-electron chi connectivity index (χ1n) is 6.93. The average molecular weight is 275 g/mol. The minimum atomic E-state index is 0.900. The maximum Gasteiger partial charge on any atom is 0.148 e. The third-order valence-electron chi connectivity index (χ3n) is 3.53. The molecule has 0 unspecified atom stereocenters. The van der Waals surface area contributed by atoms with Gasteiger partial charge in [0.05, 0.1) is 5.69 Å². The molecule has 3 nitrogen and oxygen atoms in total. The fourth-order valence-electron chi connectivity index (χ4n) is 2.56. The fraction of sp³-hybridized carbons (Fsp3) is 0.111. The van der Waals surface area contributed by atoms with Gasteiger partial charge in [-0.25, -0.2) is 9.97 Å². The van der Waals surface area contributed by atoms with E-state index in [0.717, 1.165) is 28.0 Å². The zero-order chi connectivity index (χ0) is 14.8. The molecule has 2 heterocycles. The van der Waals surface area contributed by atoms with Crippen LogP contribution in [0.5, 0.6) is 0 Å². The molecule has 2 aromatic heterocycles. The number of allylic oxidation sites excluding steroid dienone is 1. The van der Waals surface area contributed by atoms with Gasteiger partial charge in [-0.05, 0) is 32.1 Å². The van der Waals surface area contributed by atoms with E-state index in [1.807, 2.05) is 25.3 Å². The Morgan fingerprint density at radius 3 is 2.62 bits per heavy atom. The molecule has 0 saturated heterocycles. The van der Waals surface area contributed by atoms with Gasteiger partial charge in [-0.1, -0.05) is 36.4 Å². The summed E-state index contributed by atoms with van der Waals surface area (Å²) >= 11 is 0. The first-order chi connectivity index (χ1) is 10.3. The molecule has 0 fully saturated rings. The summed E-state index contributed by atoms with van der Waals surface area (Å²) in [6.45, 7) is 8.06. The molecule has 0 bridgehead atoms. The molecule has 21 heavy (non-hydrogen) atoms. The van der Waals surface area contributed by atoms with Crippen LogP contribution in [0, 0.1) is 6.92 Å². The standard InChI is InChI=1S/C18H17N3/c1-4-6-15-16-11-19-12-20-18(16)21(17(15)5-2)14-9-7-13(3)8-10-14/h4-12H,2H2,1,3H3/b6-4-. The summed E-state index contributed by atoms with van der Waals surface area (Å²) in [4.78, 5) is 8.62. The van der Waals surface area contributed by atoms with E-state index < -0.39 is 0 Å². The van der Waals surface area contributed by atoms with Gasteiger partial charge in [0.15, 0.2) is 0 Å². The van der Waals surface area contributed by atoms with Gasteiger partial charge in [0.2, 0.25) is 0 Å². The quantitative estimate of drug-likeness (QED) is 0.709. The SMILES string of the molecule is C=Cc1c(/C=C\C)c2cncnc2n1-c1ccc(C)cc1. The lowest BCUT2D eigenvalue weighted by Gasteiger charge is -2.08. The molecule has 0 N–H and O–H groups in total. The topological polar surface area (TPSA) is 30.7 Å². The fourth-order valence-corrected chi connectivity index (χ4v) is 2.56. The molecule has 0 aliphatic carbocycles. The zero-order valence-corrected chi connectivity index (χ0v) is 12.2.